The summed E-state index contributed by atoms with van der Waals surface area (Å²) in [7, 11) is 1.34. The van der Waals surface area contributed by atoms with E-state index in [1.807, 2.05) is 11.8 Å². The molecule has 0 aromatic heterocycles. The predicted molar refractivity (Wildman–Crippen MR) is 64.0 cm³/mol. The molecule has 0 bridgehead atoms. The van der Waals surface area contributed by atoms with Gasteiger partial charge in [0, 0.05) is 19.1 Å². The Labute approximate surface area is 107 Å². The number of hydrogen-bond donors (Lipinski definition) is 0. The molecule has 104 valence electrons. The van der Waals surface area contributed by atoms with Gasteiger partial charge in [0.2, 0.25) is 0 Å². The number of carbonyl (C=O) groups excluding carboxylic acids is 2. The highest BCUT2D eigenvalue weighted by Gasteiger charge is 2.30. The van der Waals surface area contributed by atoms with E-state index in [2.05, 4.69) is 4.74 Å². The number of rotatable bonds is 5. The van der Waals surface area contributed by atoms with Crippen molar-refractivity contribution in [2.24, 2.45) is 0 Å². The van der Waals surface area contributed by atoms with Gasteiger partial charge in [0.05, 0.1) is 26.7 Å². The van der Waals surface area contributed by atoms with Crippen molar-refractivity contribution in [3.05, 3.63) is 0 Å². The van der Waals surface area contributed by atoms with Gasteiger partial charge in [-0.25, -0.2) is 4.79 Å². The molecule has 0 aromatic carbocycles. The Balaban J connectivity index is 2.45. The molecule has 2 unspecified atom stereocenters. The summed E-state index contributed by atoms with van der Waals surface area (Å²) < 4.78 is 14.9. The third-order valence-electron chi connectivity index (χ3n) is 2.95. The van der Waals surface area contributed by atoms with Gasteiger partial charge < -0.3 is 14.2 Å². The van der Waals surface area contributed by atoms with E-state index < -0.39 is 6.10 Å². The van der Waals surface area contributed by atoms with Crippen LogP contribution in [0.25, 0.3) is 0 Å². The van der Waals surface area contributed by atoms with Gasteiger partial charge in [-0.05, 0) is 13.8 Å². The van der Waals surface area contributed by atoms with E-state index in [9.17, 15) is 9.59 Å². The summed E-state index contributed by atoms with van der Waals surface area (Å²) in [6, 6.07) is 0.0279. The van der Waals surface area contributed by atoms with Gasteiger partial charge in [0.15, 0.2) is 6.10 Å². The molecule has 0 amide bonds. The molecule has 1 aliphatic heterocycles. The number of methoxy groups -OCH3 is 1. The van der Waals surface area contributed by atoms with E-state index in [1.54, 1.807) is 6.92 Å². The zero-order valence-corrected chi connectivity index (χ0v) is 11.2. The summed E-state index contributed by atoms with van der Waals surface area (Å²) >= 11 is 0. The Kier molecular flexibility index (Phi) is 6.07. The quantitative estimate of drug-likeness (QED) is 0.657. The Morgan fingerprint density at radius 2 is 2.22 bits per heavy atom. The van der Waals surface area contributed by atoms with E-state index in [1.165, 1.54) is 7.11 Å². The number of carbonyl (C=O) groups is 2. The Morgan fingerprint density at radius 1 is 1.50 bits per heavy atom. The topological polar surface area (TPSA) is 65.1 Å². The van der Waals surface area contributed by atoms with Crippen LogP contribution in [0.15, 0.2) is 0 Å². The van der Waals surface area contributed by atoms with Crippen molar-refractivity contribution in [3.8, 4) is 0 Å². The SMILES string of the molecule is CCOC(=O)CC(C)N1CCOC(C(=O)OC)C1. The smallest absolute Gasteiger partial charge is 0.336 e. The van der Waals surface area contributed by atoms with Gasteiger partial charge >= 0.3 is 11.9 Å². The maximum atomic E-state index is 11.4. The molecule has 0 N–H and O–H groups in total. The van der Waals surface area contributed by atoms with Crippen molar-refractivity contribution in [3.63, 3.8) is 0 Å². The zero-order valence-electron chi connectivity index (χ0n) is 11.2. The fourth-order valence-corrected chi connectivity index (χ4v) is 1.93. The Hall–Kier alpha value is -1.14. The highest BCUT2D eigenvalue weighted by molar-refractivity contribution is 5.75. The molecular weight excluding hydrogens is 238 g/mol. The Bertz CT molecular complexity index is 294. The number of nitrogens with zero attached hydrogens (tertiary/aromatic N) is 1. The summed E-state index contributed by atoms with van der Waals surface area (Å²) in [4.78, 5) is 24.8. The molecule has 18 heavy (non-hydrogen) atoms. The molecule has 0 aliphatic carbocycles. The Morgan fingerprint density at radius 3 is 2.83 bits per heavy atom. The van der Waals surface area contributed by atoms with Gasteiger partial charge in [-0.15, -0.1) is 0 Å². The second-order valence-corrected chi connectivity index (χ2v) is 4.24. The summed E-state index contributed by atoms with van der Waals surface area (Å²) in [5, 5.41) is 0. The number of hydrogen-bond acceptors (Lipinski definition) is 6. The van der Waals surface area contributed by atoms with E-state index in [-0.39, 0.29) is 18.0 Å². The van der Waals surface area contributed by atoms with E-state index >= 15 is 0 Å². The molecule has 1 saturated heterocycles. The minimum Gasteiger partial charge on any atom is -0.467 e. The summed E-state index contributed by atoms with van der Waals surface area (Å²) in [5.41, 5.74) is 0. The maximum absolute atomic E-state index is 11.4. The van der Waals surface area contributed by atoms with Crippen LogP contribution in [0.3, 0.4) is 0 Å². The summed E-state index contributed by atoms with van der Waals surface area (Å²) in [6.45, 7) is 5.73. The highest BCUT2D eigenvalue weighted by Crippen LogP contribution is 2.12. The monoisotopic (exact) mass is 259 g/mol. The molecule has 1 heterocycles. The van der Waals surface area contributed by atoms with Crippen LogP contribution in [0.5, 0.6) is 0 Å². The highest BCUT2D eigenvalue weighted by atomic mass is 16.6. The lowest BCUT2D eigenvalue weighted by Crippen LogP contribution is -2.50. The van der Waals surface area contributed by atoms with Gasteiger partial charge in [0.25, 0.3) is 0 Å². The van der Waals surface area contributed by atoms with Crippen LogP contribution < -0.4 is 0 Å². The van der Waals surface area contributed by atoms with Crippen LogP contribution in [0, 0.1) is 0 Å². The van der Waals surface area contributed by atoms with Crippen molar-refractivity contribution in [1.82, 2.24) is 4.90 Å². The van der Waals surface area contributed by atoms with Gasteiger partial charge in [-0.2, -0.15) is 0 Å². The van der Waals surface area contributed by atoms with Crippen LogP contribution in [0.2, 0.25) is 0 Å². The fourth-order valence-electron chi connectivity index (χ4n) is 1.93. The third-order valence-corrected chi connectivity index (χ3v) is 2.95. The first-order valence-electron chi connectivity index (χ1n) is 6.17. The lowest BCUT2D eigenvalue weighted by atomic mass is 10.1. The molecule has 6 heteroatoms. The molecular formula is C12H21NO5. The van der Waals surface area contributed by atoms with Crippen LogP contribution in [-0.2, 0) is 23.8 Å². The molecule has 0 radical (unpaired) electrons. The van der Waals surface area contributed by atoms with Crippen molar-refractivity contribution in [2.75, 3.05) is 33.4 Å². The minimum absolute atomic E-state index is 0.0279. The second kappa shape index (κ2) is 7.33. The third kappa shape index (κ3) is 4.27. The van der Waals surface area contributed by atoms with Crippen molar-refractivity contribution < 1.29 is 23.8 Å². The first kappa shape index (κ1) is 14.9. The molecule has 1 rings (SSSR count). The molecule has 2 atom stereocenters. The number of ether oxygens (including phenoxy) is 3. The average Bonchev–Trinajstić information content (AvgIpc) is 2.38. The minimum atomic E-state index is -0.562. The fraction of sp³-hybridized carbons (Fsp3) is 0.833. The normalized spacial score (nSPS) is 22.3. The predicted octanol–water partition coefficient (Wildman–Crippen LogP) is 0.202. The van der Waals surface area contributed by atoms with Crippen LogP contribution in [-0.4, -0.2) is 62.4 Å². The van der Waals surface area contributed by atoms with Gasteiger partial charge in [-0.1, -0.05) is 0 Å². The van der Waals surface area contributed by atoms with E-state index in [4.69, 9.17) is 9.47 Å². The van der Waals surface area contributed by atoms with E-state index in [0.29, 0.717) is 32.7 Å². The first-order chi connectivity index (χ1) is 8.58. The van der Waals surface area contributed by atoms with Crippen LogP contribution >= 0.6 is 0 Å². The molecule has 1 aliphatic rings. The first-order valence-corrected chi connectivity index (χ1v) is 6.17. The van der Waals surface area contributed by atoms with E-state index in [0.717, 1.165) is 0 Å². The molecule has 0 saturated carbocycles. The summed E-state index contributed by atoms with van der Waals surface area (Å²) in [6.07, 6.45) is -0.241. The lowest BCUT2D eigenvalue weighted by Gasteiger charge is -2.35. The van der Waals surface area contributed by atoms with Crippen molar-refractivity contribution >= 4 is 11.9 Å². The largest absolute Gasteiger partial charge is 0.467 e. The molecule has 1 fully saturated rings. The lowest BCUT2D eigenvalue weighted by molar-refractivity contribution is -0.161. The molecule has 0 spiro atoms. The zero-order chi connectivity index (χ0) is 13.5. The van der Waals surface area contributed by atoms with Gasteiger partial charge in [-0.3, -0.25) is 9.69 Å². The summed E-state index contributed by atoms with van der Waals surface area (Å²) in [5.74, 6) is -0.589. The number of morpholine rings is 1. The van der Waals surface area contributed by atoms with Crippen LogP contribution in [0.1, 0.15) is 20.3 Å². The maximum Gasteiger partial charge on any atom is 0.336 e. The van der Waals surface area contributed by atoms with Crippen molar-refractivity contribution in [1.29, 1.82) is 0 Å². The van der Waals surface area contributed by atoms with Gasteiger partial charge in [0.1, 0.15) is 0 Å². The van der Waals surface area contributed by atoms with Crippen LogP contribution in [0.4, 0.5) is 0 Å². The average molecular weight is 259 g/mol. The standard InChI is InChI=1S/C12H21NO5/c1-4-17-11(14)7-9(2)13-5-6-18-10(8-13)12(15)16-3/h9-10H,4-8H2,1-3H3. The second-order valence-electron chi connectivity index (χ2n) is 4.24. The molecule has 6 nitrogen and oxygen atoms in total. The number of esters is 2. The molecule has 0 aromatic rings. The van der Waals surface area contributed by atoms with Crippen molar-refractivity contribution in [2.45, 2.75) is 32.4 Å².